The lowest BCUT2D eigenvalue weighted by atomic mass is 10.1. The number of methoxy groups -OCH3 is 1. The van der Waals surface area contributed by atoms with Crippen LogP contribution in [-0.4, -0.2) is 24.0 Å². The van der Waals surface area contributed by atoms with E-state index in [0.29, 0.717) is 17.0 Å². The molecule has 2 amide bonds. The van der Waals surface area contributed by atoms with Gasteiger partial charge in [-0.3, -0.25) is 14.9 Å². The zero-order valence-corrected chi connectivity index (χ0v) is 18.1. The van der Waals surface area contributed by atoms with Gasteiger partial charge in [0.2, 0.25) is 5.91 Å². The summed E-state index contributed by atoms with van der Waals surface area (Å²) in [4.78, 5) is 23.5. The Morgan fingerprint density at radius 3 is 2.59 bits per heavy atom. The predicted molar refractivity (Wildman–Crippen MR) is 117 cm³/mol. The number of primary amides is 1. The second-order valence-electron chi connectivity index (χ2n) is 5.20. The maximum atomic E-state index is 12.1. The quantitative estimate of drug-likeness (QED) is 0.418. The maximum absolute atomic E-state index is 12.1. The molecular formula is C18H15Br2N3O3S. The van der Waals surface area contributed by atoms with Crippen molar-refractivity contribution in [2.75, 3.05) is 12.4 Å². The summed E-state index contributed by atoms with van der Waals surface area (Å²) in [7, 11) is 1.54. The number of anilines is 1. The molecule has 0 unspecified atom stereocenters. The number of nitrogens with one attached hydrogen (secondary N) is 2. The van der Waals surface area contributed by atoms with Crippen LogP contribution in [0.5, 0.6) is 5.75 Å². The highest BCUT2D eigenvalue weighted by molar-refractivity contribution is 9.11. The minimum absolute atomic E-state index is 0.0423. The number of amides is 2. The molecule has 0 saturated carbocycles. The van der Waals surface area contributed by atoms with Crippen LogP contribution in [0.4, 0.5) is 5.69 Å². The number of carbonyl (C=O) groups is 2. The normalized spacial score (nSPS) is 10.5. The zero-order valence-electron chi connectivity index (χ0n) is 14.1. The summed E-state index contributed by atoms with van der Waals surface area (Å²) >= 11 is 11.9. The summed E-state index contributed by atoms with van der Waals surface area (Å²) in [6.45, 7) is 0. The van der Waals surface area contributed by atoms with E-state index in [0.717, 1.165) is 8.95 Å². The van der Waals surface area contributed by atoms with E-state index in [4.69, 9.17) is 22.7 Å². The first-order chi connectivity index (χ1) is 12.8. The third kappa shape index (κ3) is 5.88. The molecule has 6 nitrogen and oxygen atoms in total. The molecule has 0 radical (unpaired) electrons. The number of hydrogen-bond acceptors (Lipinski definition) is 4. The Kier molecular flexibility index (Phi) is 7.52. The summed E-state index contributed by atoms with van der Waals surface area (Å²) in [6.07, 6.45) is 2.92. The number of para-hydroxylation sites is 1. The molecule has 2 aromatic carbocycles. The third-order valence-corrected chi connectivity index (χ3v) is 4.58. The average molecular weight is 513 g/mol. The minimum Gasteiger partial charge on any atom is -0.495 e. The SMILES string of the molecule is COc1c(Br)cc(Br)cc1/C=C/C(=O)NC(=S)Nc1ccccc1C(N)=O. The summed E-state index contributed by atoms with van der Waals surface area (Å²) < 4.78 is 6.91. The highest BCUT2D eigenvalue weighted by atomic mass is 79.9. The third-order valence-electron chi connectivity index (χ3n) is 3.33. The van der Waals surface area contributed by atoms with Crippen LogP contribution in [0.25, 0.3) is 6.08 Å². The fraction of sp³-hybridized carbons (Fsp3) is 0.0556. The Hall–Kier alpha value is -2.23. The van der Waals surface area contributed by atoms with Gasteiger partial charge in [-0.1, -0.05) is 28.1 Å². The van der Waals surface area contributed by atoms with Crippen molar-refractivity contribution < 1.29 is 14.3 Å². The molecule has 0 atom stereocenters. The minimum atomic E-state index is -0.598. The van der Waals surface area contributed by atoms with Gasteiger partial charge >= 0.3 is 0 Å². The Bertz CT molecular complexity index is 932. The number of hydrogen-bond donors (Lipinski definition) is 3. The van der Waals surface area contributed by atoms with Gasteiger partial charge in [-0.2, -0.15) is 0 Å². The molecule has 0 spiro atoms. The molecular weight excluding hydrogens is 498 g/mol. The van der Waals surface area contributed by atoms with E-state index in [9.17, 15) is 9.59 Å². The first kappa shape index (κ1) is 21.1. The summed E-state index contributed by atoms with van der Waals surface area (Å²) in [5, 5.41) is 5.34. The highest BCUT2D eigenvalue weighted by Crippen LogP contribution is 2.33. The molecule has 0 aliphatic rings. The molecule has 0 aromatic heterocycles. The van der Waals surface area contributed by atoms with E-state index >= 15 is 0 Å². The Labute approximate surface area is 178 Å². The van der Waals surface area contributed by atoms with Crippen LogP contribution in [0.3, 0.4) is 0 Å². The van der Waals surface area contributed by atoms with Crippen molar-refractivity contribution in [3.8, 4) is 5.75 Å². The number of benzene rings is 2. The Morgan fingerprint density at radius 1 is 1.22 bits per heavy atom. The van der Waals surface area contributed by atoms with Crippen molar-refractivity contribution in [3.63, 3.8) is 0 Å². The number of halogens is 2. The standard InChI is InChI=1S/C18H15Br2N3O3S/c1-26-16-10(8-11(19)9-13(16)20)6-7-15(24)23-18(27)22-14-5-3-2-4-12(14)17(21)25/h2-9H,1H3,(H2,21,25)(H2,22,23,24,27)/b7-6+. The smallest absolute Gasteiger partial charge is 0.250 e. The topological polar surface area (TPSA) is 93.4 Å². The molecule has 0 bridgehead atoms. The highest BCUT2D eigenvalue weighted by Gasteiger charge is 2.10. The molecule has 9 heteroatoms. The van der Waals surface area contributed by atoms with Gasteiger partial charge in [-0.15, -0.1) is 0 Å². The fourth-order valence-electron chi connectivity index (χ4n) is 2.20. The average Bonchev–Trinajstić information content (AvgIpc) is 2.59. The number of ether oxygens (including phenoxy) is 1. The second-order valence-corrected chi connectivity index (χ2v) is 7.37. The van der Waals surface area contributed by atoms with Gasteiger partial charge in [0.15, 0.2) is 5.11 Å². The molecule has 0 aliphatic carbocycles. The molecule has 4 N–H and O–H groups in total. The predicted octanol–water partition coefficient (Wildman–Crippen LogP) is 3.85. The van der Waals surface area contributed by atoms with Crippen LogP contribution in [-0.2, 0) is 4.79 Å². The summed E-state index contributed by atoms with van der Waals surface area (Å²) in [5.74, 6) is -0.444. The van der Waals surface area contributed by atoms with Gasteiger partial charge in [-0.25, -0.2) is 0 Å². The van der Waals surface area contributed by atoms with Gasteiger partial charge in [-0.05, 0) is 58.5 Å². The number of rotatable bonds is 5. The van der Waals surface area contributed by atoms with E-state index in [2.05, 4.69) is 42.5 Å². The van der Waals surface area contributed by atoms with Gasteiger partial charge in [0.25, 0.3) is 5.91 Å². The van der Waals surface area contributed by atoms with Crippen molar-refractivity contribution in [1.82, 2.24) is 5.32 Å². The molecule has 27 heavy (non-hydrogen) atoms. The van der Waals surface area contributed by atoms with Crippen molar-refractivity contribution in [2.24, 2.45) is 5.73 Å². The molecule has 0 saturated heterocycles. The van der Waals surface area contributed by atoms with Crippen molar-refractivity contribution in [3.05, 3.63) is 62.5 Å². The van der Waals surface area contributed by atoms with Crippen molar-refractivity contribution >= 4 is 72.8 Å². The lowest BCUT2D eigenvalue weighted by molar-refractivity contribution is -0.115. The van der Waals surface area contributed by atoms with Crippen LogP contribution in [0.1, 0.15) is 15.9 Å². The zero-order chi connectivity index (χ0) is 20.0. The number of nitrogens with two attached hydrogens (primary N) is 1. The van der Waals surface area contributed by atoms with Gasteiger partial charge in [0.1, 0.15) is 5.75 Å². The molecule has 2 rings (SSSR count). The van der Waals surface area contributed by atoms with Gasteiger partial charge in [0, 0.05) is 16.1 Å². The van der Waals surface area contributed by atoms with E-state index in [1.165, 1.54) is 6.08 Å². The Balaban J connectivity index is 2.07. The van der Waals surface area contributed by atoms with E-state index < -0.39 is 11.8 Å². The summed E-state index contributed by atoms with van der Waals surface area (Å²) in [5.41, 5.74) is 6.70. The lowest BCUT2D eigenvalue weighted by Crippen LogP contribution is -2.33. The van der Waals surface area contributed by atoms with Crippen LogP contribution >= 0.6 is 44.1 Å². The Morgan fingerprint density at radius 2 is 1.93 bits per heavy atom. The number of thiocarbonyl (C=S) groups is 1. The molecule has 0 heterocycles. The maximum Gasteiger partial charge on any atom is 0.250 e. The second kappa shape index (κ2) is 9.63. The van der Waals surface area contributed by atoms with Gasteiger partial charge in [0.05, 0.1) is 22.8 Å². The lowest BCUT2D eigenvalue weighted by Gasteiger charge is -2.11. The largest absolute Gasteiger partial charge is 0.495 e. The molecule has 140 valence electrons. The molecule has 2 aromatic rings. The van der Waals surface area contributed by atoms with E-state index in [1.54, 1.807) is 37.5 Å². The number of carbonyl (C=O) groups excluding carboxylic acids is 2. The summed E-state index contributed by atoms with van der Waals surface area (Å²) in [6, 6.07) is 10.2. The van der Waals surface area contributed by atoms with Gasteiger partial charge < -0.3 is 15.8 Å². The van der Waals surface area contributed by atoms with Crippen LogP contribution in [0.15, 0.2) is 51.4 Å². The van der Waals surface area contributed by atoms with Crippen molar-refractivity contribution in [1.29, 1.82) is 0 Å². The van der Waals surface area contributed by atoms with E-state index in [1.807, 2.05) is 12.1 Å². The first-order valence-electron chi connectivity index (χ1n) is 7.53. The van der Waals surface area contributed by atoms with Crippen LogP contribution in [0.2, 0.25) is 0 Å². The van der Waals surface area contributed by atoms with Crippen LogP contribution < -0.4 is 21.1 Å². The fourth-order valence-corrected chi connectivity index (χ4v) is 3.83. The monoisotopic (exact) mass is 511 g/mol. The molecule has 0 aliphatic heterocycles. The molecule has 0 fully saturated rings. The van der Waals surface area contributed by atoms with Crippen molar-refractivity contribution in [2.45, 2.75) is 0 Å². The van der Waals surface area contributed by atoms with E-state index in [-0.39, 0.29) is 10.7 Å². The first-order valence-corrected chi connectivity index (χ1v) is 9.53. The van der Waals surface area contributed by atoms with Crippen LogP contribution in [0, 0.1) is 0 Å².